The van der Waals surface area contributed by atoms with E-state index in [2.05, 4.69) is 10.9 Å². The molecular weight excluding hydrogens is 68.0 g/mol. The fourth-order valence-electron chi connectivity index (χ4n) is 0.0510. The average molecular weight is 73.1 g/mol. The van der Waals surface area contributed by atoms with Crippen LogP contribution in [0.15, 0.2) is 0 Å². The van der Waals surface area contributed by atoms with Crippen LogP contribution in [0.3, 0.4) is 0 Å². The van der Waals surface area contributed by atoms with Gasteiger partial charge in [0.05, 0.1) is 0 Å². The van der Waals surface area contributed by atoms with E-state index in [0.717, 1.165) is 0 Å². The molecule has 29 valence electrons. The Kier molecular flexibility index (Phi) is 3.04. The first-order valence-corrected chi connectivity index (χ1v) is 1.20. The minimum Gasteiger partial charge on any atom is -0.283 e. The van der Waals surface area contributed by atoms with E-state index in [4.69, 9.17) is 4.79 Å². The van der Waals surface area contributed by atoms with Gasteiger partial charge in [0.2, 0.25) is 0 Å². The number of amides is 1. The standard InChI is InChI=1S/C2H5N2O/c1-3-4-2-5/h3H,1H3,(H,4,5). The maximum atomic E-state index is 9.11. The van der Waals surface area contributed by atoms with E-state index < -0.39 is 0 Å². The number of rotatable bonds is 2. The Morgan fingerprint density at radius 1 is 1.80 bits per heavy atom. The van der Waals surface area contributed by atoms with Crippen molar-refractivity contribution in [3.63, 3.8) is 0 Å². The Balaban J connectivity index is 2.40. The van der Waals surface area contributed by atoms with E-state index in [1.54, 1.807) is 7.05 Å². The third-order valence-corrected chi connectivity index (χ3v) is 0.176. The molecule has 5 heavy (non-hydrogen) atoms. The van der Waals surface area contributed by atoms with Crippen LogP contribution in [0.4, 0.5) is 0 Å². The minimum absolute atomic E-state index is 1.41. The molecule has 0 aromatic carbocycles. The highest BCUT2D eigenvalue weighted by atomic mass is 16.1. The van der Waals surface area contributed by atoms with Crippen LogP contribution in [-0.2, 0) is 4.79 Å². The molecule has 0 aliphatic rings. The van der Waals surface area contributed by atoms with Crippen molar-refractivity contribution in [1.82, 2.24) is 10.9 Å². The predicted molar refractivity (Wildman–Crippen MR) is 17.9 cm³/mol. The smallest absolute Gasteiger partial charge is 0.283 e. The Morgan fingerprint density at radius 3 is 2.40 bits per heavy atom. The first kappa shape index (κ1) is 4.43. The number of hydrazine groups is 1. The van der Waals surface area contributed by atoms with E-state index in [9.17, 15) is 0 Å². The van der Waals surface area contributed by atoms with E-state index in [0.29, 0.717) is 0 Å². The highest BCUT2D eigenvalue weighted by Crippen LogP contribution is 1.15. The summed E-state index contributed by atoms with van der Waals surface area (Å²) in [4.78, 5) is 9.11. The molecule has 3 nitrogen and oxygen atoms in total. The van der Waals surface area contributed by atoms with Gasteiger partial charge in [0.1, 0.15) is 0 Å². The lowest BCUT2D eigenvalue weighted by Gasteiger charge is -1.81. The van der Waals surface area contributed by atoms with Gasteiger partial charge in [-0.15, -0.1) is 0 Å². The molecule has 0 bridgehead atoms. The van der Waals surface area contributed by atoms with E-state index in [-0.39, 0.29) is 0 Å². The molecular formula is C2H5N2O. The van der Waals surface area contributed by atoms with Crippen molar-refractivity contribution in [2.45, 2.75) is 0 Å². The van der Waals surface area contributed by atoms with Gasteiger partial charge in [-0.25, -0.2) is 5.43 Å². The lowest BCUT2D eigenvalue weighted by atomic mass is 11.3. The lowest BCUT2D eigenvalue weighted by molar-refractivity contribution is 0.532. The van der Waals surface area contributed by atoms with Crippen molar-refractivity contribution in [3.8, 4) is 0 Å². The van der Waals surface area contributed by atoms with Crippen LogP contribution in [0.2, 0.25) is 0 Å². The monoisotopic (exact) mass is 73.0 g/mol. The van der Waals surface area contributed by atoms with Gasteiger partial charge in [-0.05, 0) is 0 Å². The number of carbonyl (C=O) groups excluding carboxylic acids is 1. The van der Waals surface area contributed by atoms with Crippen molar-refractivity contribution >= 4 is 6.41 Å². The highest BCUT2D eigenvalue weighted by Gasteiger charge is 1.58. The van der Waals surface area contributed by atoms with E-state index in [1.807, 2.05) is 0 Å². The van der Waals surface area contributed by atoms with Gasteiger partial charge in [0.25, 0.3) is 0 Å². The molecule has 1 amide bonds. The van der Waals surface area contributed by atoms with Crippen LogP contribution >= 0.6 is 0 Å². The normalized spacial score (nSPS) is 6.60. The topological polar surface area (TPSA) is 41.1 Å². The van der Waals surface area contributed by atoms with Gasteiger partial charge in [0, 0.05) is 7.05 Å². The quantitative estimate of drug-likeness (QED) is 0.317. The summed E-state index contributed by atoms with van der Waals surface area (Å²) in [6.45, 7) is 0. The van der Waals surface area contributed by atoms with Crippen LogP contribution < -0.4 is 10.9 Å². The summed E-state index contributed by atoms with van der Waals surface area (Å²) in [5, 5.41) is 0. The van der Waals surface area contributed by atoms with Crippen LogP contribution in [-0.4, -0.2) is 13.5 Å². The van der Waals surface area contributed by atoms with E-state index >= 15 is 0 Å². The molecule has 2 N–H and O–H groups in total. The summed E-state index contributed by atoms with van der Waals surface area (Å²) in [7, 11) is 1.59. The number of hydrogen-bond acceptors (Lipinski definition) is 2. The maximum Gasteiger partial charge on any atom is 0.324 e. The minimum atomic E-state index is 1.41. The highest BCUT2D eigenvalue weighted by molar-refractivity contribution is 5.45. The second-order valence-corrected chi connectivity index (χ2v) is 0.477. The number of nitrogens with one attached hydrogen (secondary N) is 2. The molecule has 0 spiro atoms. The second kappa shape index (κ2) is 3.43. The molecule has 0 fully saturated rings. The van der Waals surface area contributed by atoms with Crippen molar-refractivity contribution in [2.24, 2.45) is 0 Å². The molecule has 3 heteroatoms. The molecule has 0 rings (SSSR count). The Morgan fingerprint density at radius 2 is 2.40 bits per heavy atom. The van der Waals surface area contributed by atoms with Crippen molar-refractivity contribution in [3.05, 3.63) is 0 Å². The van der Waals surface area contributed by atoms with Crippen LogP contribution in [0.1, 0.15) is 0 Å². The molecule has 0 heterocycles. The van der Waals surface area contributed by atoms with Gasteiger partial charge in [-0.1, -0.05) is 0 Å². The molecule has 0 saturated heterocycles. The summed E-state index contributed by atoms with van der Waals surface area (Å²) < 4.78 is 0. The van der Waals surface area contributed by atoms with Crippen molar-refractivity contribution in [1.29, 1.82) is 0 Å². The third-order valence-electron chi connectivity index (χ3n) is 0.176. The molecule has 0 aromatic rings. The summed E-state index contributed by atoms with van der Waals surface area (Å²) in [6.07, 6.45) is 1.41. The van der Waals surface area contributed by atoms with Gasteiger partial charge in [-0.2, -0.15) is 0 Å². The molecule has 1 radical (unpaired) electrons. The predicted octanol–water partition coefficient (Wildman–Crippen LogP) is -1.22. The van der Waals surface area contributed by atoms with Crippen LogP contribution in [0, 0.1) is 0 Å². The Bertz CT molecular complexity index is 28.8. The fourth-order valence-corrected chi connectivity index (χ4v) is 0.0510. The summed E-state index contributed by atoms with van der Waals surface area (Å²) in [5.74, 6) is 0. The Labute approximate surface area is 30.3 Å². The molecule has 0 saturated carbocycles. The number of hydrogen-bond donors (Lipinski definition) is 2. The van der Waals surface area contributed by atoms with Crippen LogP contribution in [0.25, 0.3) is 0 Å². The fraction of sp³-hybridized carbons (Fsp3) is 0.500. The molecule has 0 aromatic heterocycles. The van der Waals surface area contributed by atoms with Gasteiger partial charge in [-0.3, -0.25) is 10.2 Å². The van der Waals surface area contributed by atoms with Gasteiger partial charge < -0.3 is 0 Å². The summed E-state index contributed by atoms with van der Waals surface area (Å²) in [5.41, 5.74) is 4.40. The molecule has 0 aliphatic heterocycles. The largest absolute Gasteiger partial charge is 0.324 e. The second-order valence-electron chi connectivity index (χ2n) is 0.477. The van der Waals surface area contributed by atoms with Gasteiger partial charge >= 0.3 is 6.41 Å². The van der Waals surface area contributed by atoms with Crippen LogP contribution in [0.5, 0.6) is 0 Å². The molecule has 0 unspecified atom stereocenters. The van der Waals surface area contributed by atoms with Crippen molar-refractivity contribution in [2.75, 3.05) is 7.05 Å². The summed E-state index contributed by atoms with van der Waals surface area (Å²) in [6, 6.07) is 0. The summed E-state index contributed by atoms with van der Waals surface area (Å²) >= 11 is 0. The zero-order valence-corrected chi connectivity index (χ0v) is 2.91. The molecule has 0 aliphatic carbocycles. The van der Waals surface area contributed by atoms with Crippen molar-refractivity contribution < 1.29 is 4.79 Å². The zero-order chi connectivity index (χ0) is 4.12. The average Bonchev–Trinajstić information content (AvgIpc) is 1.41. The SMILES string of the molecule is CNN[C]=O. The van der Waals surface area contributed by atoms with E-state index in [1.165, 1.54) is 6.41 Å². The first-order valence-electron chi connectivity index (χ1n) is 1.20. The van der Waals surface area contributed by atoms with Gasteiger partial charge in [0.15, 0.2) is 0 Å². The zero-order valence-electron chi connectivity index (χ0n) is 2.91. The molecule has 0 atom stereocenters. The lowest BCUT2D eigenvalue weighted by Crippen LogP contribution is -2.24. The first-order chi connectivity index (χ1) is 2.41. The third kappa shape index (κ3) is 3.43. The maximum absolute atomic E-state index is 9.11. The Hall–Kier alpha value is -0.570.